The number of carbonyl (C=O) groups is 1. The topological polar surface area (TPSA) is 66.1 Å². The normalized spacial score (nSPS) is 10.5. The molecule has 0 spiro atoms. The van der Waals surface area contributed by atoms with E-state index < -0.39 is 0 Å². The first-order valence-corrected chi connectivity index (χ1v) is 7.68. The van der Waals surface area contributed by atoms with Gasteiger partial charge in [0.05, 0.1) is 0 Å². The van der Waals surface area contributed by atoms with Crippen molar-refractivity contribution in [3.8, 4) is 0 Å². The number of rotatable bonds is 4. The van der Waals surface area contributed by atoms with Crippen LogP contribution < -0.4 is 10.9 Å². The highest BCUT2D eigenvalue weighted by Gasteiger charge is 2.13. The lowest BCUT2D eigenvalue weighted by atomic mass is 10.1. The standard InChI is InChI=1S/C20H18N2O2/c1-3-5-14-6-4-7-15-12-17(19(21)24-18(14)15)20(23)22-16-10-8-13(2)9-11-16/h3-4,6-12,21H,1,5H2,2H3,(H,22,23). The Hall–Kier alpha value is -3.14. The first kappa shape index (κ1) is 15.7. The summed E-state index contributed by atoms with van der Waals surface area (Å²) in [6.45, 7) is 5.71. The molecule has 0 radical (unpaired) electrons. The van der Waals surface area contributed by atoms with E-state index in [4.69, 9.17) is 9.83 Å². The fourth-order valence-electron chi connectivity index (χ4n) is 2.54. The number of carbonyl (C=O) groups excluding carboxylic acids is 1. The summed E-state index contributed by atoms with van der Waals surface area (Å²) in [7, 11) is 0. The Bertz CT molecular complexity index is 969. The minimum absolute atomic E-state index is 0.149. The fourth-order valence-corrected chi connectivity index (χ4v) is 2.54. The molecule has 0 aliphatic rings. The Labute approximate surface area is 140 Å². The minimum Gasteiger partial charge on any atom is -0.438 e. The molecule has 4 heteroatoms. The van der Waals surface area contributed by atoms with Crippen molar-refractivity contribution < 1.29 is 9.21 Å². The van der Waals surface area contributed by atoms with Gasteiger partial charge < -0.3 is 9.73 Å². The highest BCUT2D eigenvalue weighted by Crippen LogP contribution is 2.19. The van der Waals surface area contributed by atoms with Crippen LogP contribution in [0, 0.1) is 12.3 Å². The number of benzene rings is 2. The molecule has 0 bridgehead atoms. The van der Waals surface area contributed by atoms with Gasteiger partial charge in [-0.05, 0) is 37.1 Å². The Morgan fingerprint density at radius 1 is 1.25 bits per heavy atom. The van der Waals surface area contributed by atoms with Gasteiger partial charge in [-0.2, -0.15) is 0 Å². The molecular weight excluding hydrogens is 300 g/mol. The van der Waals surface area contributed by atoms with E-state index in [2.05, 4.69) is 11.9 Å². The molecule has 1 aromatic heterocycles. The highest BCUT2D eigenvalue weighted by atomic mass is 16.3. The van der Waals surface area contributed by atoms with Gasteiger partial charge in [-0.3, -0.25) is 10.2 Å². The molecule has 0 saturated heterocycles. The van der Waals surface area contributed by atoms with Gasteiger partial charge in [0.25, 0.3) is 5.91 Å². The maximum Gasteiger partial charge on any atom is 0.261 e. The van der Waals surface area contributed by atoms with Crippen LogP contribution in [-0.2, 0) is 6.42 Å². The quantitative estimate of drug-likeness (QED) is 0.708. The van der Waals surface area contributed by atoms with Crippen LogP contribution in [0.15, 0.2) is 65.6 Å². The van der Waals surface area contributed by atoms with Crippen molar-refractivity contribution in [3.05, 3.63) is 83.4 Å². The van der Waals surface area contributed by atoms with E-state index in [1.165, 1.54) is 0 Å². The van der Waals surface area contributed by atoms with E-state index in [0.29, 0.717) is 17.7 Å². The van der Waals surface area contributed by atoms with Crippen LogP contribution in [0.2, 0.25) is 0 Å². The molecule has 0 fully saturated rings. The van der Waals surface area contributed by atoms with Crippen molar-refractivity contribution in [1.82, 2.24) is 0 Å². The van der Waals surface area contributed by atoms with E-state index in [1.807, 2.05) is 49.4 Å². The van der Waals surface area contributed by atoms with E-state index in [1.54, 1.807) is 12.1 Å². The van der Waals surface area contributed by atoms with Crippen LogP contribution in [-0.4, -0.2) is 5.91 Å². The maximum atomic E-state index is 12.5. The van der Waals surface area contributed by atoms with E-state index in [-0.39, 0.29) is 17.0 Å². The summed E-state index contributed by atoms with van der Waals surface area (Å²) < 4.78 is 5.61. The van der Waals surface area contributed by atoms with Gasteiger partial charge in [-0.15, -0.1) is 6.58 Å². The summed E-state index contributed by atoms with van der Waals surface area (Å²) in [6.07, 6.45) is 2.43. The zero-order valence-electron chi connectivity index (χ0n) is 13.4. The number of anilines is 1. The number of hydrogen-bond donors (Lipinski definition) is 2. The predicted molar refractivity (Wildman–Crippen MR) is 95.1 cm³/mol. The second-order valence-corrected chi connectivity index (χ2v) is 5.64. The largest absolute Gasteiger partial charge is 0.438 e. The summed E-state index contributed by atoms with van der Waals surface area (Å²) in [6, 6.07) is 14.9. The smallest absolute Gasteiger partial charge is 0.261 e. The lowest BCUT2D eigenvalue weighted by Crippen LogP contribution is -2.21. The van der Waals surface area contributed by atoms with Crippen molar-refractivity contribution in [1.29, 1.82) is 5.41 Å². The molecule has 1 heterocycles. The molecule has 2 N–H and O–H groups in total. The van der Waals surface area contributed by atoms with Crippen LogP contribution in [0.1, 0.15) is 21.5 Å². The second kappa shape index (κ2) is 6.54. The van der Waals surface area contributed by atoms with Gasteiger partial charge in [0.1, 0.15) is 11.1 Å². The molecule has 3 aromatic rings. The molecule has 0 atom stereocenters. The zero-order chi connectivity index (χ0) is 17.1. The summed E-state index contributed by atoms with van der Waals surface area (Å²) in [5.74, 6) is -0.358. The Balaban J connectivity index is 1.98. The van der Waals surface area contributed by atoms with Crippen molar-refractivity contribution in [2.45, 2.75) is 13.3 Å². The number of para-hydroxylation sites is 1. The lowest BCUT2D eigenvalue weighted by Gasteiger charge is -2.08. The van der Waals surface area contributed by atoms with Gasteiger partial charge in [-0.25, -0.2) is 0 Å². The van der Waals surface area contributed by atoms with Crippen LogP contribution >= 0.6 is 0 Å². The van der Waals surface area contributed by atoms with Gasteiger partial charge >= 0.3 is 0 Å². The Morgan fingerprint density at radius 3 is 2.71 bits per heavy atom. The molecule has 0 aliphatic carbocycles. The molecule has 120 valence electrons. The molecule has 1 amide bonds. The summed E-state index contributed by atoms with van der Waals surface area (Å²) >= 11 is 0. The summed E-state index contributed by atoms with van der Waals surface area (Å²) in [5, 5.41) is 11.6. The van der Waals surface area contributed by atoms with E-state index in [0.717, 1.165) is 16.5 Å². The highest BCUT2D eigenvalue weighted by molar-refractivity contribution is 6.05. The molecular formula is C20H18N2O2. The molecule has 0 aliphatic heterocycles. The Kier molecular flexibility index (Phi) is 4.29. The summed E-state index contributed by atoms with van der Waals surface area (Å²) in [4.78, 5) is 12.5. The predicted octanol–water partition coefficient (Wildman–Crippen LogP) is 4.20. The number of nitrogens with one attached hydrogen (secondary N) is 2. The molecule has 2 aromatic carbocycles. The molecule has 0 saturated carbocycles. The first-order valence-electron chi connectivity index (χ1n) is 7.68. The van der Waals surface area contributed by atoms with Crippen molar-refractivity contribution in [2.24, 2.45) is 0 Å². The van der Waals surface area contributed by atoms with Crippen LogP contribution in [0.4, 0.5) is 5.69 Å². The SMILES string of the molecule is C=CCc1cccc2cc(C(=O)Nc3ccc(C)cc3)c(=N)oc12. The third-order valence-electron chi connectivity index (χ3n) is 3.79. The number of fused-ring (bicyclic) bond motifs is 1. The van der Waals surface area contributed by atoms with Crippen molar-refractivity contribution >= 4 is 22.6 Å². The van der Waals surface area contributed by atoms with Gasteiger partial charge in [-0.1, -0.05) is 42.0 Å². The van der Waals surface area contributed by atoms with Crippen molar-refractivity contribution in [2.75, 3.05) is 5.32 Å². The maximum absolute atomic E-state index is 12.5. The van der Waals surface area contributed by atoms with E-state index >= 15 is 0 Å². The minimum atomic E-state index is -0.358. The third-order valence-corrected chi connectivity index (χ3v) is 3.79. The zero-order valence-corrected chi connectivity index (χ0v) is 13.4. The van der Waals surface area contributed by atoms with Crippen molar-refractivity contribution in [3.63, 3.8) is 0 Å². The van der Waals surface area contributed by atoms with E-state index in [9.17, 15) is 4.79 Å². The third kappa shape index (κ3) is 3.13. The number of amides is 1. The number of hydrogen-bond acceptors (Lipinski definition) is 3. The first-order chi connectivity index (χ1) is 11.6. The van der Waals surface area contributed by atoms with Crippen LogP contribution in [0.5, 0.6) is 0 Å². The van der Waals surface area contributed by atoms with Gasteiger partial charge in [0, 0.05) is 11.1 Å². The van der Waals surface area contributed by atoms with Gasteiger partial charge in [0.2, 0.25) is 5.55 Å². The molecule has 4 nitrogen and oxygen atoms in total. The van der Waals surface area contributed by atoms with Gasteiger partial charge in [0.15, 0.2) is 0 Å². The fraction of sp³-hybridized carbons (Fsp3) is 0.100. The monoisotopic (exact) mass is 318 g/mol. The number of allylic oxidation sites excluding steroid dienone is 1. The van der Waals surface area contributed by atoms with Crippen LogP contribution in [0.3, 0.4) is 0 Å². The average molecular weight is 318 g/mol. The number of aryl methyl sites for hydroxylation is 1. The molecule has 24 heavy (non-hydrogen) atoms. The Morgan fingerprint density at radius 2 is 2.00 bits per heavy atom. The molecule has 0 unspecified atom stereocenters. The lowest BCUT2D eigenvalue weighted by molar-refractivity contribution is 0.102. The average Bonchev–Trinajstić information content (AvgIpc) is 2.57. The molecule has 3 rings (SSSR count). The second-order valence-electron chi connectivity index (χ2n) is 5.64. The summed E-state index contributed by atoms with van der Waals surface area (Å²) in [5.41, 5.74) is 3.42. The van der Waals surface area contributed by atoms with Crippen LogP contribution in [0.25, 0.3) is 11.0 Å².